The third-order valence-electron chi connectivity index (χ3n) is 3.78. The molecule has 4 nitrogen and oxygen atoms in total. The lowest BCUT2D eigenvalue weighted by Crippen LogP contribution is -2.27. The Hall–Kier alpha value is -1.94. The molecule has 0 aliphatic carbocycles. The van der Waals surface area contributed by atoms with Gasteiger partial charge in [0, 0.05) is 24.2 Å². The summed E-state index contributed by atoms with van der Waals surface area (Å²) in [5.74, 6) is -0.100. The van der Waals surface area contributed by atoms with Crippen LogP contribution in [-0.2, 0) is 11.2 Å². The van der Waals surface area contributed by atoms with Crippen LogP contribution in [0.4, 0.5) is 0 Å². The first-order valence-electron chi connectivity index (χ1n) is 7.36. The molecule has 0 bridgehead atoms. The molecule has 1 heterocycles. The summed E-state index contributed by atoms with van der Waals surface area (Å²) in [5, 5.41) is 4.42. The summed E-state index contributed by atoms with van der Waals surface area (Å²) in [6, 6.07) is 11.7. The second kappa shape index (κ2) is 6.68. The van der Waals surface area contributed by atoms with Crippen molar-refractivity contribution in [3.8, 4) is 0 Å². The van der Waals surface area contributed by atoms with Gasteiger partial charge in [-0.1, -0.05) is 37.3 Å². The molecule has 2 rings (SSSR count). The van der Waals surface area contributed by atoms with Gasteiger partial charge in [-0.25, -0.2) is 0 Å². The number of rotatable bonds is 6. The van der Waals surface area contributed by atoms with E-state index in [-0.39, 0.29) is 17.7 Å². The van der Waals surface area contributed by atoms with E-state index >= 15 is 0 Å². The number of nitrogens with two attached hydrogens (primary N) is 1. The van der Waals surface area contributed by atoms with Crippen molar-refractivity contribution in [2.24, 2.45) is 11.7 Å². The predicted octanol–water partition coefficient (Wildman–Crippen LogP) is 2.91. The monoisotopic (exact) mass is 285 g/mol. The lowest BCUT2D eigenvalue weighted by atomic mass is 9.90. The summed E-state index contributed by atoms with van der Waals surface area (Å²) < 4.78 is 1.87. The van der Waals surface area contributed by atoms with Crippen LogP contribution in [0.5, 0.6) is 0 Å². The molecule has 2 atom stereocenters. The molecule has 112 valence electrons. The number of Topliss-reactive ketones (excluding diaryl/α,β-unsaturated/α-hetero) is 1. The van der Waals surface area contributed by atoms with Gasteiger partial charge in [-0.05, 0) is 25.5 Å². The van der Waals surface area contributed by atoms with Crippen LogP contribution in [0.1, 0.15) is 44.1 Å². The summed E-state index contributed by atoms with van der Waals surface area (Å²) in [4.78, 5) is 12.4. The molecule has 0 aliphatic rings. The minimum atomic E-state index is -0.272. The lowest BCUT2D eigenvalue weighted by molar-refractivity contribution is -0.122. The first kappa shape index (κ1) is 15.4. The van der Waals surface area contributed by atoms with Crippen molar-refractivity contribution in [2.45, 2.75) is 39.3 Å². The number of hydrogen-bond acceptors (Lipinski definition) is 3. The molecule has 0 saturated heterocycles. The molecule has 2 unspecified atom stereocenters. The number of hydrogen-bond donors (Lipinski definition) is 1. The second-order valence-electron chi connectivity index (χ2n) is 5.75. The van der Waals surface area contributed by atoms with Crippen molar-refractivity contribution in [3.05, 3.63) is 53.9 Å². The summed E-state index contributed by atoms with van der Waals surface area (Å²) in [7, 11) is 0. The molecule has 0 saturated carbocycles. The van der Waals surface area contributed by atoms with Gasteiger partial charge in [-0.2, -0.15) is 5.10 Å². The Morgan fingerprint density at radius 2 is 1.86 bits per heavy atom. The van der Waals surface area contributed by atoms with Gasteiger partial charge in [-0.3, -0.25) is 9.48 Å². The van der Waals surface area contributed by atoms with Gasteiger partial charge in [0.2, 0.25) is 0 Å². The highest BCUT2D eigenvalue weighted by Crippen LogP contribution is 2.21. The SMILES string of the molecule is CC(C(=O)Cc1ccn(C(C)C)n1)C(N)c1ccccc1. The molecule has 4 heteroatoms. The van der Waals surface area contributed by atoms with Crippen molar-refractivity contribution >= 4 is 5.78 Å². The Morgan fingerprint density at radius 1 is 1.19 bits per heavy atom. The van der Waals surface area contributed by atoms with E-state index in [0.29, 0.717) is 12.5 Å². The van der Waals surface area contributed by atoms with Crippen molar-refractivity contribution < 1.29 is 4.79 Å². The van der Waals surface area contributed by atoms with Gasteiger partial charge in [0.25, 0.3) is 0 Å². The lowest BCUT2D eigenvalue weighted by Gasteiger charge is -2.18. The number of aromatic nitrogens is 2. The molecule has 1 aromatic carbocycles. The van der Waals surface area contributed by atoms with E-state index < -0.39 is 0 Å². The summed E-state index contributed by atoms with van der Waals surface area (Å²) in [6.45, 7) is 6.01. The zero-order chi connectivity index (χ0) is 15.4. The Kier molecular flexibility index (Phi) is 4.91. The summed E-state index contributed by atoms with van der Waals surface area (Å²) in [5.41, 5.74) is 8.00. The topological polar surface area (TPSA) is 60.9 Å². The van der Waals surface area contributed by atoms with E-state index in [4.69, 9.17) is 5.73 Å². The number of carbonyl (C=O) groups is 1. The molecule has 0 spiro atoms. The van der Waals surface area contributed by atoms with Crippen LogP contribution in [0.3, 0.4) is 0 Å². The maximum Gasteiger partial charge on any atom is 0.143 e. The van der Waals surface area contributed by atoms with Crippen LogP contribution in [0.15, 0.2) is 42.6 Å². The predicted molar refractivity (Wildman–Crippen MR) is 83.9 cm³/mol. The first-order valence-corrected chi connectivity index (χ1v) is 7.36. The molecular formula is C17H23N3O. The molecule has 2 aromatic rings. The van der Waals surface area contributed by atoms with Gasteiger partial charge in [0.1, 0.15) is 5.78 Å². The zero-order valence-corrected chi connectivity index (χ0v) is 12.9. The number of carbonyl (C=O) groups excluding carboxylic acids is 1. The van der Waals surface area contributed by atoms with Crippen LogP contribution in [0, 0.1) is 5.92 Å². The molecule has 0 aliphatic heterocycles. The van der Waals surface area contributed by atoms with E-state index in [9.17, 15) is 4.79 Å². The highest BCUT2D eigenvalue weighted by atomic mass is 16.1. The third-order valence-corrected chi connectivity index (χ3v) is 3.78. The minimum absolute atomic E-state index is 0.125. The Morgan fingerprint density at radius 3 is 2.43 bits per heavy atom. The quantitative estimate of drug-likeness (QED) is 0.887. The van der Waals surface area contributed by atoms with Crippen LogP contribution in [0.25, 0.3) is 0 Å². The average Bonchev–Trinajstić information content (AvgIpc) is 2.95. The van der Waals surface area contributed by atoms with Gasteiger partial charge < -0.3 is 5.73 Å². The first-order chi connectivity index (χ1) is 9.99. The van der Waals surface area contributed by atoms with E-state index in [1.807, 2.05) is 54.2 Å². The van der Waals surface area contributed by atoms with Crippen molar-refractivity contribution in [1.29, 1.82) is 0 Å². The fraction of sp³-hybridized carbons (Fsp3) is 0.412. The smallest absolute Gasteiger partial charge is 0.143 e. The highest BCUT2D eigenvalue weighted by molar-refractivity contribution is 5.83. The van der Waals surface area contributed by atoms with Crippen molar-refractivity contribution in [3.63, 3.8) is 0 Å². The normalized spacial score (nSPS) is 14.1. The van der Waals surface area contributed by atoms with Crippen LogP contribution < -0.4 is 5.73 Å². The average molecular weight is 285 g/mol. The van der Waals surface area contributed by atoms with Crippen molar-refractivity contribution in [2.75, 3.05) is 0 Å². The Bertz CT molecular complexity index is 589. The standard InChI is InChI=1S/C17H23N3O/c1-12(2)20-10-9-15(19-20)11-16(21)13(3)17(18)14-7-5-4-6-8-14/h4-10,12-13,17H,11,18H2,1-3H3. The zero-order valence-electron chi connectivity index (χ0n) is 12.9. The molecule has 21 heavy (non-hydrogen) atoms. The van der Waals surface area contributed by atoms with E-state index in [1.165, 1.54) is 0 Å². The van der Waals surface area contributed by atoms with E-state index in [2.05, 4.69) is 18.9 Å². The highest BCUT2D eigenvalue weighted by Gasteiger charge is 2.22. The van der Waals surface area contributed by atoms with Crippen LogP contribution >= 0.6 is 0 Å². The summed E-state index contributed by atoms with van der Waals surface area (Å²) >= 11 is 0. The van der Waals surface area contributed by atoms with E-state index in [1.54, 1.807) is 0 Å². The minimum Gasteiger partial charge on any atom is -0.323 e. The maximum atomic E-state index is 12.4. The molecule has 1 aromatic heterocycles. The number of benzene rings is 1. The van der Waals surface area contributed by atoms with Crippen LogP contribution in [0.2, 0.25) is 0 Å². The van der Waals surface area contributed by atoms with E-state index in [0.717, 1.165) is 11.3 Å². The largest absolute Gasteiger partial charge is 0.323 e. The summed E-state index contributed by atoms with van der Waals surface area (Å²) in [6.07, 6.45) is 2.25. The number of ketones is 1. The Balaban J connectivity index is 2.02. The second-order valence-corrected chi connectivity index (χ2v) is 5.75. The number of nitrogens with zero attached hydrogens (tertiary/aromatic N) is 2. The molecular weight excluding hydrogens is 262 g/mol. The fourth-order valence-electron chi connectivity index (χ4n) is 2.26. The Labute approximate surface area is 126 Å². The molecule has 0 fully saturated rings. The van der Waals surface area contributed by atoms with Crippen molar-refractivity contribution in [1.82, 2.24) is 9.78 Å². The van der Waals surface area contributed by atoms with Gasteiger partial charge in [0.05, 0.1) is 12.1 Å². The van der Waals surface area contributed by atoms with Gasteiger partial charge >= 0.3 is 0 Å². The fourth-order valence-corrected chi connectivity index (χ4v) is 2.26. The molecule has 0 amide bonds. The molecule has 2 N–H and O–H groups in total. The van der Waals surface area contributed by atoms with Gasteiger partial charge in [0.15, 0.2) is 0 Å². The van der Waals surface area contributed by atoms with Crippen LogP contribution in [-0.4, -0.2) is 15.6 Å². The maximum absolute atomic E-state index is 12.4. The third kappa shape index (κ3) is 3.79. The van der Waals surface area contributed by atoms with Gasteiger partial charge in [-0.15, -0.1) is 0 Å². The molecule has 0 radical (unpaired) electrons.